The Morgan fingerprint density at radius 2 is 0.564 bits per heavy atom. The minimum atomic E-state index is -1.24. The van der Waals surface area contributed by atoms with Crippen molar-refractivity contribution in [1.29, 1.82) is 0 Å². The molecule has 4 N–H and O–H groups in total. The number of hydrogen-bond acceptors (Lipinski definition) is 4. The van der Waals surface area contributed by atoms with E-state index in [9.17, 15) is 19.2 Å². The molecule has 0 aromatic heterocycles. The summed E-state index contributed by atoms with van der Waals surface area (Å²) in [5, 5.41) is 34.3. The topological polar surface area (TPSA) is 149 Å². The van der Waals surface area contributed by atoms with Gasteiger partial charge in [0, 0.05) is 0 Å². The van der Waals surface area contributed by atoms with Crippen molar-refractivity contribution in [3.63, 3.8) is 0 Å². The summed E-state index contributed by atoms with van der Waals surface area (Å²) in [7, 11) is 0. The Kier molecular flexibility index (Phi) is 40.4. The van der Waals surface area contributed by atoms with Gasteiger partial charge < -0.3 is 20.4 Å². The molecule has 0 bridgehead atoms. The molecule has 0 aromatic carbocycles. The maximum Gasteiger partial charge on any atom is 0.317 e. The van der Waals surface area contributed by atoms with Crippen LogP contribution in [0, 0.1) is 11.8 Å². The van der Waals surface area contributed by atoms with E-state index in [1.807, 2.05) is 6.92 Å². The van der Waals surface area contributed by atoms with Crippen LogP contribution < -0.4 is 0 Å². The lowest BCUT2D eigenvalue weighted by Gasteiger charge is -2.06. The van der Waals surface area contributed by atoms with E-state index in [4.69, 9.17) is 20.4 Å². The highest BCUT2D eigenvalue weighted by molar-refractivity contribution is 5.93. The Morgan fingerprint density at radius 3 is 0.795 bits per heavy atom. The quantitative estimate of drug-likeness (QED) is 0.0799. The van der Waals surface area contributed by atoms with Gasteiger partial charge in [0.05, 0.1) is 0 Å². The van der Waals surface area contributed by atoms with Crippen molar-refractivity contribution < 1.29 is 39.6 Å². The SMILES string of the molecule is CCCC.CCCC.CCCCCC(C(=O)O)C(=O)O.CCCCCCCCCCCCC(C(=O)O)C(=O)O. The Hall–Kier alpha value is -2.12. The monoisotopic (exact) mass is 562 g/mol. The molecule has 0 aliphatic heterocycles. The largest absolute Gasteiger partial charge is 0.481 e. The molecule has 39 heavy (non-hydrogen) atoms. The number of carboxylic acids is 4. The van der Waals surface area contributed by atoms with Crippen molar-refractivity contribution in [3.8, 4) is 0 Å². The minimum Gasteiger partial charge on any atom is -0.481 e. The van der Waals surface area contributed by atoms with E-state index in [0.29, 0.717) is 12.8 Å². The van der Waals surface area contributed by atoms with Crippen molar-refractivity contribution in [1.82, 2.24) is 0 Å². The van der Waals surface area contributed by atoms with Crippen LogP contribution in [-0.4, -0.2) is 44.3 Å². The second-order valence-electron chi connectivity index (χ2n) is 9.92. The van der Waals surface area contributed by atoms with Crippen LogP contribution in [0.5, 0.6) is 0 Å². The zero-order chi connectivity index (χ0) is 30.9. The molecule has 0 aliphatic rings. The summed E-state index contributed by atoms with van der Waals surface area (Å²) in [6.45, 7) is 12.9. The van der Waals surface area contributed by atoms with Crippen molar-refractivity contribution >= 4 is 23.9 Å². The van der Waals surface area contributed by atoms with E-state index in [2.05, 4.69) is 34.6 Å². The fourth-order valence-corrected chi connectivity index (χ4v) is 3.14. The van der Waals surface area contributed by atoms with Crippen LogP contribution in [-0.2, 0) is 19.2 Å². The van der Waals surface area contributed by atoms with Crippen LogP contribution in [0.3, 0.4) is 0 Å². The number of aliphatic carboxylic acids is 4. The fraction of sp³-hybridized carbons (Fsp3) is 0.871. The fourth-order valence-electron chi connectivity index (χ4n) is 3.14. The molecule has 0 fully saturated rings. The number of rotatable bonds is 21. The first-order valence-corrected chi connectivity index (χ1v) is 15.4. The average molecular weight is 563 g/mol. The van der Waals surface area contributed by atoms with Gasteiger partial charge in [0.1, 0.15) is 0 Å². The van der Waals surface area contributed by atoms with Crippen LogP contribution in [0.1, 0.15) is 164 Å². The summed E-state index contributed by atoms with van der Waals surface area (Å²) >= 11 is 0. The van der Waals surface area contributed by atoms with Gasteiger partial charge in [-0.05, 0) is 12.8 Å². The summed E-state index contributed by atoms with van der Waals surface area (Å²) < 4.78 is 0. The molecule has 0 amide bonds. The lowest BCUT2D eigenvalue weighted by molar-refractivity contribution is -0.156. The normalized spacial score (nSPS) is 9.95. The standard InChI is InChI=1S/C15H28O4.C8H14O4.2C4H10/c1-2-3-4-5-6-7-8-9-10-11-12-13(14(16)17)15(18)19;1-2-3-4-5-6(7(9)10)8(11)12;2*1-3-4-2/h13H,2-12H2,1H3,(H,16,17)(H,18,19);6H,2-5H2,1H3,(H,9,10)(H,11,12);2*3-4H2,1-2H3. The summed E-state index contributed by atoms with van der Waals surface area (Å²) in [5.41, 5.74) is 0. The molecular weight excluding hydrogens is 500 g/mol. The molecule has 0 spiro atoms. The zero-order valence-electron chi connectivity index (χ0n) is 26.0. The maximum absolute atomic E-state index is 10.7. The number of carboxylic acid groups (broad SMARTS) is 4. The van der Waals surface area contributed by atoms with Gasteiger partial charge in [-0.3, -0.25) is 19.2 Å². The van der Waals surface area contributed by atoms with E-state index in [0.717, 1.165) is 25.7 Å². The number of unbranched alkanes of at least 4 members (excludes halogenated alkanes) is 13. The van der Waals surface area contributed by atoms with Crippen LogP contribution in [0.15, 0.2) is 0 Å². The highest BCUT2D eigenvalue weighted by atomic mass is 16.4. The molecule has 0 aliphatic carbocycles. The van der Waals surface area contributed by atoms with Crippen LogP contribution in [0.25, 0.3) is 0 Å². The van der Waals surface area contributed by atoms with E-state index < -0.39 is 35.7 Å². The van der Waals surface area contributed by atoms with Gasteiger partial charge in [-0.2, -0.15) is 0 Å². The van der Waals surface area contributed by atoms with Gasteiger partial charge in [-0.1, -0.05) is 151 Å². The lowest BCUT2D eigenvalue weighted by Crippen LogP contribution is -2.23. The van der Waals surface area contributed by atoms with Crippen molar-refractivity contribution in [2.24, 2.45) is 11.8 Å². The lowest BCUT2D eigenvalue weighted by atomic mass is 10.00. The average Bonchev–Trinajstić information content (AvgIpc) is 2.89. The predicted molar refractivity (Wildman–Crippen MR) is 159 cm³/mol. The van der Waals surface area contributed by atoms with E-state index >= 15 is 0 Å². The molecule has 0 saturated heterocycles. The molecule has 0 heterocycles. The Balaban J connectivity index is -0.000000259. The van der Waals surface area contributed by atoms with Crippen LogP contribution >= 0.6 is 0 Å². The van der Waals surface area contributed by atoms with Crippen molar-refractivity contribution in [3.05, 3.63) is 0 Å². The molecule has 0 radical (unpaired) electrons. The predicted octanol–water partition coefficient (Wildman–Crippen LogP) is 9.05. The minimum absolute atomic E-state index is 0.235. The maximum atomic E-state index is 10.7. The molecule has 8 heteroatoms. The van der Waals surface area contributed by atoms with Crippen molar-refractivity contribution in [2.75, 3.05) is 0 Å². The first-order chi connectivity index (χ1) is 18.5. The van der Waals surface area contributed by atoms with E-state index in [-0.39, 0.29) is 12.8 Å². The zero-order valence-corrected chi connectivity index (χ0v) is 26.0. The molecule has 8 nitrogen and oxygen atoms in total. The van der Waals surface area contributed by atoms with Gasteiger partial charge >= 0.3 is 23.9 Å². The Labute approximate surface area is 239 Å². The molecule has 234 valence electrons. The van der Waals surface area contributed by atoms with Crippen molar-refractivity contribution in [2.45, 2.75) is 164 Å². The molecule has 0 rings (SSSR count). The second-order valence-corrected chi connectivity index (χ2v) is 9.92. The second kappa shape index (κ2) is 35.9. The number of hydrogen-bond donors (Lipinski definition) is 4. The summed E-state index contributed by atoms with van der Waals surface area (Å²) in [4.78, 5) is 42.0. The van der Waals surface area contributed by atoms with E-state index in [1.54, 1.807) is 0 Å². The third-order valence-electron chi connectivity index (χ3n) is 6.14. The third-order valence-corrected chi connectivity index (χ3v) is 6.14. The van der Waals surface area contributed by atoms with Gasteiger partial charge in [0.25, 0.3) is 0 Å². The molecule has 0 saturated carbocycles. The highest BCUT2D eigenvalue weighted by Gasteiger charge is 2.25. The molecular formula is C31H62O8. The van der Waals surface area contributed by atoms with Gasteiger partial charge in [-0.25, -0.2) is 0 Å². The Bertz CT molecular complexity index is 527. The Morgan fingerprint density at radius 1 is 0.359 bits per heavy atom. The summed E-state index contributed by atoms with van der Waals surface area (Å²) in [6, 6.07) is 0. The van der Waals surface area contributed by atoms with Gasteiger partial charge in [-0.15, -0.1) is 0 Å². The molecule has 0 aromatic rings. The van der Waals surface area contributed by atoms with E-state index in [1.165, 1.54) is 70.6 Å². The first kappa shape index (κ1) is 43.9. The first-order valence-electron chi connectivity index (χ1n) is 15.4. The highest BCUT2D eigenvalue weighted by Crippen LogP contribution is 2.14. The van der Waals surface area contributed by atoms with Crippen LogP contribution in [0.4, 0.5) is 0 Å². The van der Waals surface area contributed by atoms with Crippen LogP contribution in [0.2, 0.25) is 0 Å². The smallest absolute Gasteiger partial charge is 0.317 e. The van der Waals surface area contributed by atoms with Gasteiger partial charge in [0.15, 0.2) is 11.8 Å². The third kappa shape index (κ3) is 38.1. The summed E-state index contributed by atoms with van der Waals surface area (Å²) in [5.74, 6) is -7.37. The van der Waals surface area contributed by atoms with Gasteiger partial charge in [0.2, 0.25) is 0 Å². The molecule has 0 unspecified atom stereocenters. The summed E-state index contributed by atoms with van der Waals surface area (Å²) in [6.07, 6.45) is 19.9. The number of carbonyl (C=O) groups is 4. The molecule has 0 atom stereocenters.